The number of phenolic OH excluding ortho intramolecular Hbond substituents is 2. The Bertz CT molecular complexity index is 1390. The largest absolute Gasteiger partial charge is 0.508 e. The summed E-state index contributed by atoms with van der Waals surface area (Å²) in [4.78, 5) is 14.6. The van der Waals surface area contributed by atoms with Gasteiger partial charge in [0.25, 0.3) is 0 Å². The van der Waals surface area contributed by atoms with Crippen molar-refractivity contribution in [3.05, 3.63) is 114 Å². The van der Waals surface area contributed by atoms with Gasteiger partial charge in [-0.1, -0.05) is 54.6 Å². The lowest BCUT2D eigenvalue weighted by Crippen LogP contribution is -2.29. The van der Waals surface area contributed by atoms with Gasteiger partial charge in [0.2, 0.25) is 0 Å². The van der Waals surface area contributed by atoms with Crippen molar-refractivity contribution in [2.75, 3.05) is 4.90 Å². The standard InChI is InChI=1S/C30H26FNO5/c31-22-12-9-19(10-13-22)26(34)15-16-28-29(32(30(36)37-28)23-6-2-1-3-7-23)25-14-11-21(18-27(25)35)20-5-4-8-24(33)17-20/h1-14,17-18,26,28-29,33-35H,15-16H2/t26-,28+,29-/m0/s1. The van der Waals surface area contributed by atoms with E-state index in [1.807, 2.05) is 30.3 Å². The van der Waals surface area contributed by atoms with Gasteiger partial charge in [0, 0.05) is 11.3 Å². The van der Waals surface area contributed by atoms with Gasteiger partial charge in [0.15, 0.2) is 0 Å². The van der Waals surface area contributed by atoms with Gasteiger partial charge in [0.1, 0.15) is 29.5 Å². The molecule has 1 saturated heterocycles. The highest BCUT2D eigenvalue weighted by atomic mass is 19.1. The molecule has 7 heteroatoms. The van der Waals surface area contributed by atoms with E-state index in [1.165, 1.54) is 29.2 Å². The van der Waals surface area contributed by atoms with Crippen LogP contribution in [0, 0.1) is 5.82 Å². The number of amides is 1. The van der Waals surface area contributed by atoms with E-state index in [4.69, 9.17) is 4.74 Å². The number of nitrogens with zero attached hydrogens (tertiary/aromatic N) is 1. The Morgan fingerprint density at radius 1 is 0.865 bits per heavy atom. The van der Waals surface area contributed by atoms with E-state index in [1.54, 1.807) is 42.5 Å². The highest BCUT2D eigenvalue weighted by molar-refractivity contribution is 5.91. The molecule has 4 aromatic rings. The van der Waals surface area contributed by atoms with Crippen molar-refractivity contribution in [1.29, 1.82) is 0 Å². The van der Waals surface area contributed by atoms with Gasteiger partial charge in [-0.2, -0.15) is 0 Å². The molecular formula is C30H26FNO5. The zero-order valence-electron chi connectivity index (χ0n) is 19.9. The van der Waals surface area contributed by atoms with Crippen molar-refractivity contribution in [3.63, 3.8) is 0 Å². The van der Waals surface area contributed by atoms with Gasteiger partial charge in [0.05, 0.1) is 6.10 Å². The fraction of sp³-hybridized carbons (Fsp3) is 0.167. The molecule has 3 N–H and O–H groups in total. The van der Waals surface area contributed by atoms with Crippen molar-refractivity contribution in [3.8, 4) is 22.6 Å². The molecule has 0 aliphatic carbocycles. The number of anilines is 1. The Morgan fingerprint density at radius 2 is 1.59 bits per heavy atom. The van der Waals surface area contributed by atoms with E-state index >= 15 is 0 Å². The summed E-state index contributed by atoms with van der Waals surface area (Å²) >= 11 is 0. The first kappa shape index (κ1) is 24.3. The normalized spacial score (nSPS) is 18.0. The van der Waals surface area contributed by atoms with Crippen molar-refractivity contribution < 1.29 is 29.2 Å². The summed E-state index contributed by atoms with van der Waals surface area (Å²) in [5, 5.41) is 31.6. The minimum absolute atomic E-state index is 0.0193. The lowest BCUT2D eigenvalue weighted by molar-refractivity contribution is 0.100. The minimum atomic E-state index is -0.868. The molecule has 188 valence electrons. The summed E-state index contributed by atoms with van der Waals surface area (Å²) in [6, 6.07) is 25.9. The second kappa shape index (κ2) is 10.3. The van der Waals surface area contributed by atoms with Crippen LogP contribution in [0.15, 0.2) is 97.1 Å². The highest BCUT2D eigenvalue weighted by Gasteiger charge is 2.44. The SMILES string of the molecule is O=C1O[C@H](CC[C@H](O)c2ccc(F)cc2)[C@H](c2ccc(-c3cccc(O)c3)cc2O)N1c1ccccc1. The van der Waals surface area contributed by atoms with Gasteiger partial charge in [-0.25, -0.2) is 9.18 Å². The second-order valence-electron chi connectivity index (χ2n) is 9.04. The van der Waals surface area contributed by atoms with E-state index in [2.05, 4.69) is 0 Å². The van der Waals surface area contributed by atoms with Crippen LogP contribution in [-0.2, 0) is 4.74 Å². The predicted molar refractivity (Wildman–Crippen MR) is 138 cm³/mol. The van der Waals surface area contributed by atoms with E-state index in [9.17, 15) is 24.5 Å². The third-order valence-electron chi connectivity index (χ3n) is 6.62. The Morgan fingerprint density at radius 3 is 2.30 bits per heavy atom. The Labute approximate surface area is 213 Å². The molecule has 1 aliphatic rings. The van der Waals surface area contributed by atoms with Crippen LogP contribution in [0.5, 0.6) is 11.5 Å². The summed E-state index contributed by atoms with van der Waals surface area (Å²) in [6.45, 7) is 0. The fourth-order valence-electron chi connectivity index (χ4n) is 4.77. The topological polar surface area (TPSA) is 90.2 Å². The van der Waals surface area contributed by atoms with Crippen molar-refractivity contribution >= 4 is 11.8 Å². The van der Waals surface area contributed by atoms with Crippen LogP contribution >= 0.6 is 0 Å². The summed E-state index contributed by atoms with van der Waals surface area (Å²) in [7, 11) is 0. The number of halogens is 1. The Kier molecular flexibility index (Phi) is 6.79. The number of cyclic esters (lactones) is 1. The Balaban J connectivity index is 1.46. The highest BCUT2D eigenvalue weighted by Crippen LogP contribution is 2.43. The molecule has 5 rings (SSSR count). The maximum absolute atomic E-state index is 13.3. The third-order valence-corrected chi connectivity index (χ3v) is 6.62. The van der Waals surface area contributed by atoms with E-state index in [0.29, 0.717) is 28.8 Å². The number of carbonyl (C=O) groups excluding carboxylic acids is 1. The van der Waals surface area contributed by atoms with E-state index in [-0.39, 0.29) is 23.7 Å². The monoisotopic (exact) mass is 499 g/mol. The van der Waals surface area contributed by atoms with Crippen LogP contribution < -0.4 is 4.90 Å². The summed E-state index contributed by atoms with van der Waals surface area (Å²) < 4.78 is 19.0. The molecule has 0 saturated carbocycles. The number of carbonyl (C=O) groups is 1. The van der Waals surface area contributed by atoms with Crippen molar-refractivity contribution in [2.45, 2.75) is 31.1 Å². The molecule has 0 aromatic heterocycles. The molecule has 0 spiro atoms. The first-order chi connectivity index (χ1) is 17.9. The number of aliphatic hydroxyl groups excluding tert-OH is 1. The molecular weight excluding hydrogens is 473 g/mol. The van der Waals surface area contributed by atoms with Crippen molar-refractivity contribution in [2.24, 2.45) is 0 Å². The van der Waals surface area contributed by atoms with Gasteiger partial charge in [-0.05, 0) is 72.0 Å². The maximum atomic E-state index is 13.3. The molecule has 6 nitrogen and oxygen atoms in total. The molecule has 4 aromatic carbocycles. The van der Waals surface area contributed by atoms with Crippen LogP contribution in [-0.4, -0.2) is 27.5 Å². The quantitative estimate of drug-likeness (QED) is 0.271. The van der Waals surface area contributed by atoms with Crippen molar-refractivity contribution in [1.82, 2.24) is 0 Å². The molecule has 1 heterocycles. The number of aliphatic hydroxyl groups is 1. The second-order valence-corrected chi connectivity index (χ2v) is 9.04. The average Bonchev–Trinajstić information content (AvgIpc) is 3.23. The number of ether oxygens (including phenoxy) is 1. The van der Waals surface area contributed by atoms with Crippen LogP contribution in [0.1, 0.15) is 36.1 Å². The van der Waals surface area contributed by atoms with Crippen LogP contribution in [0.4, 0.5) is 14.9 Å². The number of hydrogen-bond donors (Lipinski definition) is 3. The fourth-order valence-corrected chi connectivity index (χ4v) is 4.77. The van der Waals surface area contributed by atoms with Crippen LogP contribution in [0.25, 0.3) is 11.1 Å². The van der Waals surface area contributed by atoms with Crippen LogP contribution in [0.2, 0.25) is 0 Å². The molecule has 0 radical (unpaired) electrons. The zero-order valence-corrected chi connectivity index (χ0v) is 19.9. The lowest BCUT2D eigenvalue weighted by Gasteiger charge is -2.26. The van der Waals surface area contributed by atoms with Gasteiger partial charge >= 0.3 is 6.09 Å². The molecule has 1 fully saturated rings. The maximum Gasteiger partial charge on any atom is 0.415 e. The number of para-hydroxylation sites is 1. The first-order valence-electron chi connectivity index (χ1n) is 12.0. The molecule has 3 atom stereocenters. The average molecular weight is 500 g/mol. The smallest absolute Gasteiger partial charge is 0.415 e. The zero-order chi connectivity index (χ0) is 25.9. The first-order valence-corrected chi connectivity index (χ1v) is 12.0. The summed E-state index contributed by atoms with van der Waals surface area (Å²) in [5.74, 6) is -0.288. The van der Waals surface area contributed by atoms with E-state index < -0.39 is 24.3 Å². The number of hydrogen-bond acceptors (Lipinski definition) is 5. The number of rotatable bonds is 7. The summed E-state index contributed by atoms with van der Waals surface area (Å²) in [6.07, 6.45) is -1.49. The van der Waals surface area contributed by atoms with Crippen LogP contribution in [0.3, 0.4) is 0 Å². The number of benzene rings is 4. The van der Waals surface area contributed by atoms with E-state index in [0.717, 1.165) is 5.56 Å². The molecule has 0 bridgehead atoms. The summed E-state index contributed by atoms with van der Waals surface area (Å²) in [5.41, 5.74) is 3.13. The Hall–Kier alpha value is -4.36. The number of aromatic hydroxyl groups is 2. The third kappa shape index (κ3) is 5.13. The van der Waals surface area contributed by atoms with Gasteiger partial charge < -0.3 is 20.1 Å². The molecule has 1 aliphatic heterocycles. The van der Waals surface area contributed by atoms with Gasteiger partial charge in [-0.3, -0.25) is 4.90 Å². The van der Waals surface area contributed by atoms with Gasteiger partial charge in [-0.15, -0.1) is 0 Å². The predicted octanol–water partition coefficient (Wildman–Crippen LogP) is 6.48. The molecule has 0 unspecified atom stereocenters. The lowest BCUT2D eigenvalue weighted by atomic mass is 9.92. The molecule has 37 heavy (non-hydrogen) atoms. The number of phenols is 2. The minimum Gasteiger partial charge on any atom is -0.508 e. The molecule has 1 amide bonds.